The van der Waals surface area contributed by atoms with Crippen LogP contribution in [0.4, 0.5) is 13.2 Å². The fourth-order valence-corrected chi connectivity index (χ4v) is 4.67. The van der Waals surface area contributed by atoms with E-state index in [0.29, 0.717) is 28.9 Å². The summed E-state index contributed by atoms with van der Waals surface area (Å²) in [5.74, 6) is -1.27. The first-order chi connectivity index (χ1) is 20.2. The number of sulfonamides is 1. The average molecular weight is 628 g/mol. The molecule has 1 aromatic heterocycles. The SMILES string of the molecule is CC(=O)OCO/N=[N+](\O)N1CCCC1C(=O)OCc1ccc(-c2cc(C(F)(F)F)nn2-c2ccc(S(N)(=O)=O)cc2)cc1. The number of alkyl halides is 3. The number of nitrogens with zero attached hydrogens (tertiary/aromatic N) is 5. The van der Waals surface area contributed by atoms with E-state index in [-0.39, 0.29) is 29.4 Å². The van der Waals surface area contributed by atoms with Crippen molar-refractivity contribution in [1.82, 2.24) is 14.8 Å². The Kier molecular flexibility index (Phi) is 9.19. The maximum Gasteiger partial charge on any atom is 0.435 e. The van der Waals surface area contributed by atoms with Crippen LogP contribution < -0.4 is 5.14 Å². The van der Waals surface area contributed by atoms with Gasteiger partial charge >= 0.3 is 18.1 Å². The van der Waals surface area contributed by atoms with E-state index in [9.17, 15) is 36.4 Å². The zero-order valence-corrected chi connectivity index (χ0v) is 23.3. The summed E-state index contributed by atoms with van der Waals surface area (Å²) in [6, 6.07) is 11.0. The molecule has 2 heterocycles. The van der Waals surface area contributed by atoms with Crippen molar-refractivity contribution in [2.45, 2.75) is 43.5 Å². The van der Waals surface area contributed by atoms with Crippen molar-refractivity contribution in [1.29, 1.82) is 0 Å². The summed E-state index contributed by atoms with van der Waals surface area (Å²) in [5.41, 5.74) is -0.0426. The third-order valence-electron chi connectivity index (χ3n) is 6.21. The summed E-state index contributed by atoms with van der Waals surface area (Å²) in [6.45, 7) is 0.731. The predicted molar refractivity (Wildman–Crippen MR) is 137 cm³/mol. The maximum atomic E-state index is 13.5. The van der Waals surface area contributed by atoms with Gasteiger partial charge in [0.05, 0.1) is 22.8 Å². The van der Waals surface area contributed by atoms with Gasteiger partial charge in [0, 0.05) is 12.5 Å². The van der Waals surface area contributed by atoms with Crippen molar-refractivity contribution < 1.29 is 55.7 Å². The third kappa shape index (κ3) is 7.77. The van der Waals surface area contributed by atoms with E-state index < -0.39 is 46.7 Å². The number of carbonyl (C=O) groups excluding carboxylic acids is 2. The molecule has 0 spiro atoms. The zero-order chi connectivity index (χ0) is 31.4. The topological polar surface area (TPSA) is 179 Å². The fourth-order valence-electron chi connectivity index (χ4n) is 4.16. The molecular formula is C25H26F3N6O8S+. The van der Waals surface area contributed by atoms with Gasteiger partial charge in [0.2, 0.25) is 10.0 Å². The molecule has 3 aromatic rings. The molecule has 0 saturated carbocycles. The van der Waals surface area contributed by atoms with Gasteiger partial charge in [-0.15, -0.1) is 0 Å². The lowest BCUT2D eigenvalue weighted by Gasteiger charge is -2.14. The van der Waals surface area contributed by atoms with Crippen molar-refractivity contribution in [2.24, 2.45) is 10.4 Å². The van der Waals surface area contributed by atoms with E-state index >= 15 is 0 Å². The molecule has 1 fully saturated rings. The first-order valence-electron chi connectivity index (χ1n) is 12.5. The second kappa shape index (κ2) is 12.7. The van der Waals surface area contributed by atoms with Crippen LogP contribution in [0.3, 0.4) is 0 Å². The van der Waals surface area contributed by atoms with Gasteiger partial charge in [-0.3, -0.25) is 9.63 Å². The first kappa shape index (κ1) is 31.2. The third-order valence-corrected chi connectivity index (χ3v) is 7.14. The van der Waals surface area contributed by atoms with Crippen molar-refractivity contribution in [3.63, 3.8) is 0 Å². The van der Waals surface area contributed by atoms with Crippen LogP contribution in [0.25, 0.3) is 16.9 Å². The molecule has 2 aromatic carbocycles. The summed E-state index contributed by atoms with van der Waals surface area (Å²) in [7, 11) is -4.01. The van der Waals surface area contributed by atoms with Crippen molar-refractivity contribution in [2.75, 3.05) is 13.3 Å². The number of aromatic nitrogens is 2. The van der Waals surface area contributed by atoms with Gasteiger partial charge in [-0.05, 0) is 48.7 Å². The number of rotatable bonds is 10. The van der Waals surface area contributed by atoms with Crippen LogP contribution in [0, 0.1) is 0 Å². The number of hydrogen-bond acceptors (Lipinski definition) is 9. The normalized spacial score (nSPS) is 15.8. The molecule has 0 amide bonds. The standard InChI is InChI=1S/C25H26F3N6O8S/c1-16(35)41-15-42-31-34(37)32-12-2-3-21(32)24(36)40-14-17-4-6-18(7-5-17)22-13-23(25(26,27)28)30-33(22)19-8-10-20(11-9-19)43(29,38)39/h4-11,13,21H,2-3,12,14-15H2,1H3,(H,31,37)(H2,29,38,39)/q+1. The summed E-state index contributed by atoms with van der Waals surface area (Å²) in [4.78, 5) is 28.2. The molecule has 14 nitrogen and oxygen atoms in total. The van der Waals surface area contributed by atoms with Crippen LogP contribution in [-0.2, 0) is 46.7 Å². The molecule has 0 radical (unpaired) electrons. The number of benzene rings is 2. The smallest absolute Gasteiger partial charge is 0.435 e. The number of hydrogen-bond donors (Lipinski definition) is 2. The Morgan fingerprint density at radius 3 is 2.42 bits per heavy atom. The van der Waals surface area contributed by atoms with Gasteiger partial charge in [0.1, 0.15) is 6.61 Å². The van der Waals surface area contributed by atoms with Crippen LogP contribution in [0.1, 0.15) is 31.0 Å². The minimum Gasteiger partial charge on any atom is -0.459 e. The Labute approximate surface area is 242 Å². The van der Waals surface area contributed by atoms with Crippen molar-refractivity contribution >= 4 is 22.0 Å². The summed E-state index contributed by atoms with van der Waals surface area (Å²) in [5, 5.41) is 23.4. The number of primary sulfonamides is 1. The van der Waals surface area contributed by atoms with E-state index in [1.165, 1.54) is 36.2 Å². The quantitative estimate of drug-likeness (QED) is 0.0848. The minimum atomic E-state index is -4.74. The van der Waals surface area contributed by atoms with Crippen LogP contribution in [-0.4, -0.2) is 64.7 Å². The van der Waals surface area contributed by atoms with Crippen LogP contribution >= 0.6 is 0 Å². The van der Waals surface area contributed by atoms with E-state index in [0.717, 1.165) is 22.9 Å². The van der Waals surface area contributed by atoms with Gasteiger partial charge in [0.15, 0.2) is 11.7 Å². The van der Waals surface area contributed by atoms with E-state index in [4.69, 9.17) is 9.88 Å². The monoisotopic (exact) mass is 627 g/mol. The molecule has 0 aliphatic carbocycles. The van der Waals surface area contributed by atoms with Gasteiger partial charge < -0.3 is 9.47 Å². The fraction of sp³-hybridized carbons (Fsp3) is 0.320. The van der Waals surface area contributed by atoms with Crippen molar-refractivity contribution in [3.8, 4) is 16.9 Å². The first-order valence-corrected chi connectivity index (χ1v) is 14.1. The zero-order valence-electron chi connectivity index (χ0n) is 22.5. The van der Waals surface area contributed by atoms with E-state index in [2.05, 4.69) is 20.0 Å². The molecule has 1 aliphatic heterocycles. The highest BCUT2D eigenvalue weighted by molar-refractivity contribution is 7.89. The average Bonchev–Trinajstić information content (AvgIpc) is 3.62. The number of carbonyl (C=O) groups is 2. The van der Waals surface area contributed by atoms with Gasteiger partial charge in [0.25, 0.3) is 17.0 Å². The van der Waals surface area contributed by atoms with Gasteiger partial charge in [-0.1, -0.05) is 29.3 Å². The van der Waals surface area contributed by atoms with Crippen LogP contribution in [0.5, 0.6) is 0 Å². The molecule has 18 heteroatoms. The number of hydrazine groups is 1. The number of nitrogens with two attached hydrogens (primary N) is 1. The summed E-state index contributed by atoms with van der Waals surface area (Å²) < 4.78 is 74.6. The molecule has 0 bridgehead atoms. The van der Waals surface area contributed by atoms with E-state index in [1.807, 2.05) is 0 Å². The number of ether oxygens (including phenoxy) is 2. The summed E-state index contributed by atoms with van der Waals surface area (Å²) >= 11 is 0. The van der Waals surface area contributed by atoms with Crippen LogP contribution in [0.2, 0.25) is 0 Å². The number of halogens is 3. The van der Waals surface area contributed by atoms with Gasteiger partial charge in [-0.2, -0.15) is 18.3 Å². The van der Waals surface area contributed by atoms with E-state index in [1.54, 1.807) is 12.1 Å². The Bertz CT molecular complexity index is 1610. The molecule has 3 N–H and O–H groups in total. The maximum absolute atomic E-state index is 13.5. The lowest BCUT2D eigenvalue weighted by Crippen LogP contribution is -2.42. The minimum absolute atomic E-state index is 0.0727. The second-order valence-corrected chi connectivity index (χ2v) is 10.8. The van der Waals surface area contributed by atoms with Gasteiger partial charge in [-0.25, -0.2) is 28.2 Å². The molecule has 230 valence electrons. The molecule has 4 rings (SSSR count). The Morgan fingerprint density at radius 2 is 1.81 bits per heavy atom. The highest BCUT2D eigenvalue weighted by atomic mass is 32.2. The highest BCUT2D eigenvalue weighted by Crippen LogP contribution is 2.33. The Hall–Kier alpha value is -4.71. The Morgan fingerprint density at radius 1 is 1.14 bits per heavy atom. The molecule has 1 aliphatic rings. The number of esters is 2. The van der Waals surface area contributed by atoms with Crippen LogP contribution in [0.15, 0.2) is 64.8 Å². The lowest BCUT2D eigenvalue weighted by molar-refractivity contribution is -0.942. The molecular weight excluding hydrogens is 601 g/mol. The molecule has 1 unspecified atom stereocenters. The molecule has 43 heavy (non-hydrogen) atoms. The van der Waals surface area contributed by atoms with Crippen molar-refractivity contribution in [3.05, 3.63) is 65.9 Å². The largest absolute Gasteiger partial charge is 0.459 e. The molecule has 1 atom stereocenters. The molecule has 1 saturated heterocycles. The predicted octanol–water partition coefficient (Wildman–Crippen LogP) is 2.93. The highest BCUT2D eigenvalue weighted by Gasteiger charge is 2.41. The lowest BCUT2D eigenvalue weighted by atomic mass is 10.1. The second-order valence-electron chi connectivity index (χ2n) is 9.22. The Balaban J connectivity index is 1.46. The summed E-state index contributed by atoms with van der Waals surface area (Å²) in [6.07, 6.45) is -3.84.